The van der Waals surface area contributed by atoms with Crippen molar-refractivity contribution < 1.29 is 9.13 Å². The third-order valence-electron chi connectivity index (χ3n) is 3.71. The van der Waals surface area contributed by atoms with E-state index in [9.17, 15) is 4.39 Å². The average Bonchev–Trinajstić information content (AvgIpc) is 2.96. The van der Waals surface area contributed by atoms with E-state index in [1.807, 2.05) is 31.3 Å². The van der Waals surface area contributed by atoms with Crippen LogP contribution in [0.2, 0.25) is 0 Å². The van der Waals surface area contributed by atoms with E-state index in [0.29, 0.717) is 21.4 Å². The molecule has 0 atom stereocenters. The first-order valence-electron chi connectivity index (χ1n) is 7.96. The van der Waals surface area contributed by atoms with Gasteiger partial charge in [-0.2, -0.15) is 0 Å². The van der Waals surface area contributed by atoms with Gasteiger partial charge in [0.2, 0.25) is 5.13 Å². The van der Waals surface area contributed by atoms with Gasteiger partial charge in [0, 0.05) is 6.54 Å². The van der Waals surface area contributed by atoms with Gasteiger partial charge in [0.25, 0.3) is 0 Å². The zero-order chi connectivity index (χ0) is 18.5. The molecule has 0 saturated carbocycles. The van der Waals surface area contributed by atoms with Gasteiger partial charge in [-0.25, -0.2) is 9.07 Å². The Bertz CT molecular complexity index is 923. The zero-order valence-electron chi connectivity index (χ0n) is 14.5. The van der Waals surface area contributed by atoms with Gasteiger partial charge in [0.1, 0.15) is 11.6 Å². The monoisotopic (exact) mass is 390 g/mol. The Balaban J connectivity index is 1.65. The molecule has 2 aromatic carbocycles. The van der Waals surface area contributed by atoms with Crippen molar-refractivity contribution in [1.82, 2.24) is 14.7 Å². The van der Waals surface area contributed by atoms with Crippen LogP contribution in [0.15, 0.2) is 48.5 Å². The minimum Gasteiger partial charge on any atom is -0.497 e. The largest absolute Gasteiger partial charge is 0.497 e. The molecule has 0 radical (unpaired) electrons. The number of halogens is 1. The van der Waals surface area contributed by atoms with Crippen molar-refractivity contribution in [2.24, 2.45) is 0 Å². The van der Waals surface area contributed by atoms with Crippen molar-refractivity contribution in [2.45, 2.75) is 13.2 Å². The van der Waals surface area contributed by atoms with E-state index in [-0.39, 0.29) is 5.82 Å². The highest BCUT2D eigenvalue weighted by Gasteiger charge is 2.09. The van der Waals surface area contributed by atoms with Gasteiger partial charge in [-0.3, -0.25) is 4.90 Å². The molecule has 0 unspecified atom stereocenters. The Morgan fingerprint density at radius 2 is 1.96 bits per heavy atom. The molecule has 0 spiro atoms. The number of rotatable bonds is 7. The maximum atomic E-state index is 13.8. The van der Waals surface area contributed by atoms with E-state index in [4.69, 9.17) is 17.0 Å². The third kappa shape index (κ3) is 4.66. The van der Waals surface area contributed by atoms with Crippen LogP contribution < -0.4 is 10.1 Å². The molecule has 1 N–H and O–H groups in total. The predicted octanol–water partition coefficient (Wildman–Crippen LogP) is 4.65. The molecule has 5 nitrogen and oxygen atoms in total. The highest BCUT2D eigenvalue weighted by molar-refractivity contribution is 7.73. The molecule has 0 fully saturated rings. The van der Waals surface area contributed by atoms with Crippen LogP contribution in [0.4, 0.5) is 15.2 Å². The maximum absolute atomic E-state index is 13.8. The fourth-order valence-corrected chi connectivity index (χ4v) is 3.45. The van der Waals surface area contributed by atoms with E-state index >= 15 is 0 Å². The van der Waals surface area contributed by atoms with Crippen LogP contribution in [-0.2, 0) is 13.2 Å². The minimum absolute atomic E-state index is 0.322. The first kappa shape index (κ1) is 18.5. The van der Waals surface area contributed by atoms with Gasteiger partial charge in [-0.15, -0.1) is 5.10 Å². The topological polar surface area (TPSA) is 42.3 Å². The Morgan fingerprint density at radius 3 is 2.65 bits per heavy atom. The molecule has 0 bridgehead atoms. The smallest absolute Gasteiger partial charge is 0.209 e. The van der Waals surface area contributed by atoms with E-state index < -0.39 is 0 Å². The normalized spacial score (nSPS) is 10.9. The number of methoxy groups -OCH3 is 1. The van der Waals surface area contributed by atoms with E-state index in [1.54, 1.807) is 30.0 Å². The van der Waals surface area contributed by atoms with Crippen molar-refractivity contribution in [3.8, 4) is 5.75 Å². The van der Waals surface area contributed by atoms with Crippen LogP contribution in [0.5, 0.6) is 5.75 Å². The Morgan fingerprint density at radius 1 is 1.23 bits per heavy atom. The summed E-state index contributed by atoms with van der Waals surface area (Å²) in [6.07, 6.45) is 0. The molecular formula is C18H19FN4OS2. The number of aromatic nitrogens is 2. The molecule has 136 valence electrons. The van der Waals surface area contributed by atoms with E-state index in [2.05, 4.69) is 15.3 Å². The second-order valence-electron chi connectivity index (χ2n) is 5.78. The van der Waals surface area contributed by atoms with Crippen LogP contribution in [0, 0.1) is 9.77 Å². The fourth-order valence-electron chi connectivity index (χ4n) is 2.45. The standard InChI is InChI=1S/C18H19FN4OS2/c1-22(11-13-7-9-14(24-2)10-8-13)12-23-18(25)26-17(21-23)20-16-6-4-3-5-15(16)19/h3-10H,11-12H2,1-2H3,(H,20,21). The van der Waals surface area contributed by atoms with E-state index in [0.717, 1.165) is 12.3 Å². The Labute approximate surface area is 160 Å². The molecule has 1 aromatic heterocycles. The lowest BCUT2D eigenvalue weighted by Gasteiger charge is -2.16. The molecular weight excluding hydrogens is 371 g/mol. The minimum atomic E-state index is -0.322. The second-order valence-corrected chi connectivity index (χ2v) is 7.40. The van der Waals surface area contributed by atoms with Gasteiger partial charge < -0.3 is 10.1 Å². The Hall–Kier alpha value is -2.29. The number of hydrogen-bond donors (Lipinski definition) is 1. The number of ether oxygens (including phenoxy) is 1. The molecule has 0 saturated heterocycles. The second kappa shape index (κ2) is 8.39. The molecule has 0 amide bonds. The Kier molecular flexibility index (Phi) is 5.97. The number of hydrogen-bond acceptors (Lipinski definition) is 6. The molecule has 1 heterocycles. The number of benzene rings is 2. The molecule has 0 aliphatic rings. The van der Waals surface area contributed by atoms with Crippen LogP contribution >= 0.6 is 23.6 Å². The van der Waals surface area contributed by atoms with Crippen LogP contribution in [0.1, 0.15) is 5.56 Å². The summed E-state index contributed by atoms with van der Waals surface area (Å²) >= 11 is 6.70. The molecule has 3 rings (SSSR count). The third-order valence-corrected chi connectivity index (χ3v) is 4.93. The molecule has 8 heteroatoms. The number of para-hydroxylation sites is 1. The fraction of sp³-hybridized carbons (Fsp3) is 0.222. The van der Waals surface area contributed by atoms with Crippen molar-refractivity contribution in [3.05, 3.63) is 63.9 Å². The quantitative estimate of drug-likeness (QED) is 0.595. The van der Waals surface area contributed by atoms with Crippen LogP contribution in [0.25, 0.3) is 0 Å². The maximum Gasteiger partial charge on any atom is 0.209 e. The molecule has 0 aliphatic heterocycles. The van der Waals surface area contributed by atoms with Gasteiger partial charge in [0.15, 0.2) is 3.95 Å². The van der Waals surface area contributed by atoms with Crippen molar-refractivity contribution >= 4 is 34.4 Å². The van der Waals surface area contributed by atoms with Crippen LogP contribution in [-0.4, -0.2) is 28.8 Å². The zero-order valence-corrected chi connectivity index (χ0v) is 16.1. The highest BCUT2D eigenvalue weighted by atomic mass is 32.1. The van der Waals surface area contributed by atoms with Crippen LogP contribution in [0.3, 0.4) is 0 Å². The summed E-state index contributed by atoms with van der Waals surface area (Å²) in [4.78, 5) is 2.10. The lowest BCUT2D eigenvalue weighted by Crippen LogP contribution is -2.22. The lowest BCUT2D eigenvalue weighted by atomic mass is 10.2. The van der Waals surface area contributed by atoms with Crippen molar-refractivity contribution in [3.63, 3.8) is 0 Å². The molecule has 3 aromatic rings. The van der Waals surface area contributed by atoms with Gasteiger partial charge in [0.05, 0.1) is 19.5 Å². The van der Waals surface area contributed by atoms with Gasteiger partial charge in [-0.1, -0.05) is 35.6 Å². The predicted molar refractivity (Wildman–Crippen MR) is 105 cm³/mol. The first-order valence-corrected chi connectivity index (χ1v) is 9.18. The highest BCUT2D eigenvalue weighted by Crippen LogP contribution is 2.22. The summed E-state index contributed by atoms with van der Waals surface area (Å²) in [7, 11) is 3.65. The first-order chi connectivity index (χ1) is 12.5. The SMILES string of the molecule is COc1ccc(CN(C)Cn2nc(Nc3ccccc3F)sc2=S)cc1. The number of anilines is 2. The summed E-state index contributed by atoms with van der Waals surface area (Å²) in [5.74, 6) is 0.513. The summed E-state index contributed by atoms with van der Waals surface area (Å²) in [5, 5.41) is 8.00. The van der Waals surface area contributed by atoms with Crippen molar-refractivity contribution in [1.29, 1.82) is 0 Å². The summed E-state index contributed by atoms with van der Waals surface area (Å²) in [5.41, 5.74) is 1.55. The number of nitrogens with one attached hydrogen (secondary N) is 1. The molecule has 0 aliphatic carbocycles. The summed E-state index contributed by atoms with van der Waals surface area (Å²) in [6, 6.07) is 14.4. The molecule has 26 heavy (non-hydrogen) atoms. The van der Waals surface area contributed by atoms with E-state index in [1.165, 1.54) is 23.0 Å². The van der Waals surface area contributed by atoms with Crippen molar-refractivity contribution in [2.75, 3.05) is 19.5 Å². The van der Waals surface area contributed by atoms with Gasteiger partial charge >= 0.3 is 0 Å². The average molecular weight is 391 g/mol. The lowest BCUT2D eigenvalue weighted by molar-refractivity contribution is 0.245. The van der Waals surface area contributed by atoms with Gasteiger partial charge in [-0.05, 0) is 49.1 Å². The summed E-state index contributed by atoms with van der Waals surface area (Å²) < 4.78 is 21.3. The number of nitrogens with zero attached hydrogens (tertiary/aromatic N) is 3. The summed E-state index contributed by atoms with van der Waals surface area (Å²) in [6.45, 7) is 1.29.